The Hall–Kier alpha value is -1.60. The van der Waals surface area contributed by atoms with Crippen molar-refractivity contribution >= 4 is 6.08 Å². The second kappa shape index (κ2) is 4.11. The zero-order valence-corrected chi connectivity index (χ0v) is 9.62. The zero-order chi connectivity index (χ0) is 11.6. The number of benzene rings is 1. The van der Waals surface area contributed by atoms with Crippen LogP contribution in [0, 0.1) is 0 Å². The third-order valence-electron chi connectivity index (χ3n) is 2.74. The Morgan fingerprint density at radius 3 is 3.06 bits per heavy atom. The van der Waals surface area contributed by atoms with Crippen molar-refractivity contribution in [2.45, 2.75) is 32.2 Å². The molecule has 0 saturated carbocycles. The van der Waals surface area contributed by atoms with Gasteiger partial charge in [0.2, 0.25) is 6.08 Å². The second-order valence-electron chi connectivity index (χ2n) is 4.73. The normalized spacial score (nSPS) is 13.9. The van der Waals surface area contributed by atoms with Crippen LogP contribution in [0.3, 0.4) is 0 Å². The van der Waals surface area contributed by atoms with Gasteiger partial charge in [-0.3, -0.25) is 0 Å². The first-order valence-electron chi connectivity index (χ1n) is 5.44. The molecule has 0 spiro atoms. The van der Waals surface area contributed by atoms with E-state index in [0.29, 0.717) is 0 Å². The molecule has 0 amide bonds. The number of carbonyl (C=O) groups excluding carboxylic acids is 1. The predicted molar refractivity (Wildman–Crippen MR) is 61.5 cm³/mol. The molecular weight excluding hydrogens is 202 g/mol. The molecule has 84 valence electrons. The molecule has 0 saturated heterocycles. The van der Waals surface area contributed by atoms with Gasteiger partial charge in [-0.2, -0.15) is 4.99 Å². The van der Waals surface area contributed by atoms with E-state index in [0.717, 1.165) is 25.2 Å². The molecule has 0 aliphatic carbocycles. The van der Waals surface area contributed by atoms with Gasteiger partial charge in [0.15, 0.2) is 0 Å². The lowest BCUT2D eigenvalue weighted by atomic mass is 9.94. The monoisotopic (exact) mass is 217 g/mol. The van der Waals surface area contributed by atoms with Crippen molar-refractivity contribution in [1.29, 1.82) is 0 Å². The van der Waals surface area contributed by atoms with Gasteiger partial charge in [-0.1, -0.05) is 12.1 Å². The Morgan fingerprint density at radius 2 is 2.31 bits per heavy atom. The van der Waals surface area contributed by atoms with Crippen molar-refractivity contribution in [3.05, 3.63) is 29.3 Å². The van der Waals surface area contributed by atoms with Crippen molar-refractivity contribution in [2.24, 2.45) is 4.99 Å². The maximum Gasteiger partial charge on any atom is 0.235 e. The molecule has 0 aromatic heterocycles. The quantitative estimate of drug-likeness (QED) is 0.575. The van der Waals surface area contributed by atoms with E-state index < -0.39 is 0 Å². The average molecular weight is 217 g/mol. The fourth-order valence-corrected chi connectivity index (χ4v) is 2.01. The predicted octanol–water partition coefficient (Wildman–Crippen LogP) is 2.28. The molecule has 0 N–H and O–H groups in total. The highest BCUT2D eigenvalue weighted by Crippen LogP contribution is 2.27. The molecule has 0 radical (unpaired) electrons. The Labute approximate surface area is 95.2 Å². The summed E-state index contributed by atoms with van der Waals surface area (Å²) in [5.74, 6) is 0.987. The summed E-state index contributed by atoms with van der Waals surface area (Å²) in [5.41, 5.74) is 2.06. The molecule has 1 aliphatic heterocycles. The topological polar surface area (TPSA) is 38.7 Å². The van der Waals surface area contributed by atoms with E-state index in [1.165, 1.54) is 11.1 Å². The summed E-state index contributed by atoms with van der Waals surface area (Å²) in [6.07, 6.45) is 3.35. The number of nitrogens with zero attached hydrogens (tertiary/aromatic N) is 1. The first kappa shape index (κ1) is 10.9. The van der Waals surface area contributed by atoms with Gasteiger partial charge < -0.3 is 4.74 Å². The van der Waals surface area contributed by atoms with Gasteiger partial charge in [-0.15, -0.1) is 0 Å². The van der Waals surface area contributed by atoms with E-state index in [9.17, 15) is 4.79 Å². The molecule has 1 heterocycles. The van der Waals surface area contributed by atoms with Gasteiger partial charge in [0, 0.05) is 6.42 Å². The second-order valence-corrected chi connectivity index (χ2v) is 4.73. The molecule has 1 aromatic rings. The summed E-state index contributed by atoms with van der Waals surface area (Å²) in [7, 11) is 0. The van der Waals surface area contributed by atoms with E-state index in [-0.39, 0.29) is 5.54 Å². The van der Waals surface area contributed by atoms with Crippen LogP contribution < -0.4 is 4.74 Å². The Bertz CT molecular complexity index is 445. The Morgan fingerprint density at radius 1 is 1.50 bits per heavy atom. The lowest BCUT2D eigenvalue weighted by molar-refractivity contribution is 0.356. The van der Waals surface area contributed by atoms with Crippen molar-refractivity contribution < 1.29 is 9.53 Å². The van der Waals surface area contributed by atoms with Gasteiger partial charge in [0.25, 0.3) is 0 Å². The molecule has 1 aliphatic rings. The summed E-state index contributed by atoms with van der Waals surface area (Å²) in [4.78, 5) is 14.1. The number of aliphatic imine (C=N–C) groups is 1. The number of rotatable bonds is 3. The average Bonchev–Trinajstić information content (AvgIpc) is 2.63. The number of hydrogen-bond donors (Lipinski definition) is 0. The van der Waals surface area contributed by atoms with Crippen LogP contribution in [0.25, 0.3) is 0 Å². The van der Waals surface area contributed by atoms with Crippen LogP contribution in [0.1, 0.15) is 25.0 Å². The molecule has 3 heteroatoms. The first-order valence-corrected chi connectivity index (χ1v) is 5.44. The largest absolute Gasteiger partial charge is 0.493 e. The summed E-state index contributed by atoms with van der Waals surface area (Å²) >= 11 is 0. The van der Waals surface area contributed by atoms with Crippen LogP contribution in [-0.4, -0.2) is 18.2 Å². The van der Waals surface area contributed by atoms with E-state index in [4.69, 9.17) is 4.74 Å². The Balaban J connectivity index is 2.19. The highest BCUT2D eigenvalue weighted by molar-refractivity contribution is 5.41. The van der Waals surface area contributed by atoms with Crippen molar-refractivity contribution in [3.63, 3.8) is 0 Å². The highest BCUT2D eigenvalue weighted by Gasteiger charge is 2.19. The van der Waals surface area contributed by atoms with Gasteiger partial charge in [-0.25, -0.2) is 4.79 Å². The molecule has 1 aromatic carbocycles. The molecule has 16 heavy (non-hydrogen) atoms. The van der Waals surface area contributed by atoms with Crippen molar-refractivity contribution in [2.75, 3.05) is 6.61 Å². The summed E-state index contributed by atoms with van der Waals surface area (Å²) in [5, 5.41) is 0. The smallest absolute Gasteiger partial charge is 0.235 e. The molecular formula is C13H15NO2. The lowest BCUT2D eigenvalue weighted by Gasteiger charge is -2.17. The molecule has 0 fully saturated rings. The van der Waals surface area contributed by atoms with Crippen LogP contribution in [0.2, 0.25) is 0 Å². The molecule has 0 atom stereocenters. The van der Waals surface area contributed by atoms with E-state index in [1.54, 1.807) is 6.08 Å². The molecule has 3 nitrogen and oxygen atoms in total. The van der Waals surface area contributed by atoms with E-state index in [1.807, 2.05) is 26.0 Å². The zero-order valence-electron chi connectivity index (χ0n) is 9.62. The van der Waals surface area contributed by atoms with Crippen LogP contribution >= 0.6 is 0 Å². The minimum atomic E-state index is -0.380. The highest BCUT2D eigenvalue weighted by atomic mass is 16.5. The standard InChI is InChI=1S/C13H15NO2/c1-13(2,14-9-15)8-10-3-4-12-11(7-10)5-6-16-12/h3-4,7H,5-6,8H2,1-2H3. The fourth-order valence-electron chi connectivity index (χ4n) is 2.01. The van der Waals surface area contributed by atoms with Crippen LogP contribution in [0.15, 0.2) is 23.2 Å². The van der Waals surface area contributed by atoms with E-state index >= 15 is 0 Å². The van der Waals surface area contributed by atoms with Gasteiger partial charge in [-0.05, 0) is 37.5 Å². The van der Waals surface area contributed by atoms with Gasteiger partial charge >= 0.3 is 0 Å². The van der Waals surface area contributed by atoms with Crippen molar-refractivity contribution in [3.8, 4) is 5.75 Å². The fraction of sp³-hybridized carbons (Fsp3) is 0.462. The van der Waals surface area contributed by atoms with Gasteiger partial charge in [0.1, 0.15) is 5.75 Å². The molecule has 2 rings (SSSR count). The van der Waals surface area contributed by atoms with Gasteiger partial charge in [0.05, 0.1) is 12.1 Å². The number of ether oxygens (including phenoxy) is 1. The van der Waals surface area contributed by atoms with E-state index in [2.05, 4.69) is 11.1 Å². The lowest BCUT2D eigenvalue weighted by Crippen LogP contribution is -2.19. The van der Waals surface area contributed by atoms with Crippen LogP contribution in [-0.2, 0) is 17.6 Å². The minimum Gasteiger partial charge on any atom is -0.493 e. The third kappa shape index (κ3) is 2.31. The first-order chi connectivity index (χ1) is 7.61. The third-order valence-corrected chi connectivity index (χ3v) is 2.74. The van der Waals surface area contributed by atoms with Crippen LogP contribution in [0.5, 0.6) is 5.75 Å². The Kier molecular flexibility index (Phi) is 2.80. The number of isocyanates is 1. The maximum atomic E-state index is 10.3. The molecule has 0 unspecified atom stereocenters. The summed E-state index contributed by atoms with van der Waals surface area (Å²) in [6, 6.07) is 6.18. The SMILES string of the molecule is CC(C)(Cc1ccc2c(c1)CCO2)N=C=O. The number of fused-ring (bicyclic) bond motifs is 1. The minimum absolute atomic E-state index is 0.380. The summed E-state index contributed by atoms with van der Waals surface area (Å²) in [6.45, 7) is 4.64. The van der Waals surface area contributed by atoms with Crippen molar-refractivity contribution in [1.82, 2.24) is 0 Å². The summed E-state index contributed by atoms with van der Waals surface area (Å²) < 4.78 is 5.45. The number of hydrogen-bond acceptors (Lipinski definition) is 3. The maximum absolute atomic E-state index is 10.3. The van der Waals surface area contributed by atoms with Crippen LogP contribution in [0.4, 0.5) is 0 Å². The molecule has 0 bridgehead atoms.